The standard InChI is InChI=1S/C23H24N2.C22H23N3.C19H22N2.C18H22N2.C17H21N3/c1-16-14-17(2)18(3)23(15-16)25-19(4)24(20-10-6-5-7-11-20)21-12-8-9-13-22(21)25;1-15-13-16(2)17(3)21(14-15)25-18(4)24(19-9-6-5-7-10-19)22-20(25)11-8-12-23-22;1-14-12-15(2)16(3)19(13-14)21-11-10-20(17(21)4)18-8-6-5-7-9-18;1-12-10-13(2)14(3)18(11-12)20-15(4)19(5)16-8-6-7-9-17(16)20;1-11-9-12(2)13(3)16(10-11)20-14(4)19(5)17-15(20)7-6-8-18-17/h5-15,19H,1-4H3;5-14,18H,1-4H3;5-13,17H,1-4H3;6-11,15H,1-5H3;6-10,14H,1-5H3/t19-;18-;17-;15-;14-/m00000/s1. The number of benzene rings is 10. The molecule has 0 spiro atoms. The SMILES string of the molecule is Cc1cc(C)c(C)c(N2C=CN(c3ccccc3)[C@@H]2C)c1.Cc1cc(C)c(C)c(N2c3ccccc3N(C)[C@@H]2C)c1.Cc1cc(C)c(C)c(N2c3ccccc3N(c3ccccc3)[C@@H]2C)c1.Cc1cc(C)c(C)c(N2c3cccnc3N(C)[C@@H]2C)c1.Cc1cc(C)c(C)c(N2c3cccnc3N(c3ccccc3)[C@@H]2C)c1. The highest BCUT2D eigenvalue weighted by Crippen LogP contribution is 2.51. The number of hydrogen-bond acceptors (Lipinski definition) is 12. The van der Waals surface area contributed by atoms with Gasteiger partial charge in [-0.3, -0.25) is 0 Å². The Balaban J connectivity index is 0.000000122. The highest BCUT2D eigenvalue weighted by Gasteiger charge is 2.39. The highest BCUT2D eigenvalue weighted by atomic mass is 15.5. The number of para-hydroxylation sites is 7. The second-order valence-electron chi connectivity index (χ2n) is 31.0. The summed E-state index contributed by atoms with van der Waals surface area (Å²) in [6, 6.07) is 80.1. The van der Waals surface area contributed by atoms with Gasteiger partial charge in [0.15, 0.2) is 11.6 Å². The van der Waals surface area contributed by atoms with Crippen molar-refractivity contribution in [3.8, 4) is 0 Å². The van der Waals surface area contributed by atoms with E-state index in [1.54, 1.807) is 0 Å². The number of nitrogens with zero attached hydrogens (tertiary/aromatic N) is 12. The first-order chi connectivity index (χ1) is 53.2. The molecule has 7 heterocycles. The van der Waals surface area contributed by atoms with Gasteiger partial charge >= 0.3 is 0 Å². The summed E-state index contributed by atoms with van der Waals surface area (Å²) in [5.74, 6) is 2.07. The van der Waals surface area contributed by atoms with Crippen LogP contribution in [-0.4, -0.2) is 54.9 Å². The molecule has 5 aliphatic rings. The van der Waals surface area contributed by atoms with Crippen LogP contribution in [0.2, 0.25) is 0 Å². The van der Waals surface area contributed by atoms with Gasteiger partial charge in [-0.25, -0.2) is 9.97 Å². The zero-order valence-corrected chi connectivity index (χ0v) is 69.4. The summed E-state index contributed by atoms with van der Waals surface area (Å²) in [7, 11) is 4.27. The maximum absolute atomic E-state index is 4.70. The second kappa shape index (κ2) is 32.4. The van der Waals surface area contributed by atoms with E-state index in [0.29, 0.717) is 6.17 Å². The third-order valence-corrected chi connectivity index (χ3v) is 23.5. The van der Waals surface area contributed by atoms with Crippen LogP contribution >= 0.6 is 0 Å². The van der Waals surface area contributed by atoms with Crippen molar-refractivity contribution in [2.75, 3.05) is 63.1 Å². The zero-order valence-electron chi connectivity index (χ0n) is 69.4. The van der Waals surface area contributed by atoms with Crippen molar-refractivity contribution in [3.05, 3.63) is 333 Å². The number of aryl methyl sites for hydroxylation is 10. The average molecular weight is 1470 g/mol. The van der Waals surface area contributed by atoms with Crippen molar-refractivity contribution in [3.63, 3.8) is 0 Å². The van der Waals surface area contributed by atoms with E-state index in [1.165, 1.54) is 157 Å². The van der Waals surface area contributed by atoms with Gasteiger partial charge in [0.2, 0.25) is 0 Å². The molecule has 111 heavy (non-hydrogen) atoms. The van der Waals surface area contributed by atoms with Gasteiger partial charge in [-0.05, 0) is 337 Å². The molecule has 2 aromatic heterocycles. The Morgan fingerprint density at radius 1 is 0.225 bits per heavy atom. The number of fused-ring (bicyclic) bond motifs is 4. The number of anilines is 16. The predicted molar refractivity (Wildman–Crippen MR) is 475 cm³/mol. The first kappa shape index (κ1) is 77.4. The van der Waals surface area contributed by atoms with E-state index in [-0.39, 0.29) is 24.7 Å². The first-order valence-corrected chi connectivity index (χ1v) is 39.3. The molecule has 0 unspecified atom stereocenters. The predicted octanol–water partition coefficient (Wildman–Crippen LogP) is 25.1. The summed E-state index contributed by atoms with van der Waals surface area (Å²) in [6.07, 6.45) is 9.36. The van der Waals surface area contributed by atoms with Crippen molar-refractivity contribution in [2.45, 2.75) is 169 Å². The number of hydrogen-bond donors (Lipinski definition) is 0. The van der Waals surface area contributed by atoms with Crippen LogP contribution in [0.4, 0.5) is 91.3 Å². The Morgan fingerprint density at radius 3 is 0.955 bits per heavy atom. The van der Waals surface area contributed by atoms with Gasteiger partial charge in [-0.2, -0.15) is 0 Å². The lowest BCUT2D eigenvalue weighted by molar-refractivity contribution is 0.727. The van der Waals surface area contributed by atoms with Gasteiger partial charge in [-0.15, -0.1) is 0 Å². The topological polar surface area (TPSA) is 58.2 Å². The first-order valence-electron chi connectivity index (χ1n) is 39.3. The lowest BCUT2D eigenvalue weighted by Crippen LogP contribution is -2.36. The van der Waals surface area contributed by atoms with Crippen LogP contribution in [0.25, 0.3) is 0 Å². The second-order valence-corrected chi connectivity index (χ2v) is 31.0. The minimum absolute atomic E-state index is 0.159. The average Bonchev–Trinajstić information content (AvgIpc) is 1.61. The van der Waals surface area contributed by atoms with Crippen LogP contribution in [0.5, 0.6) is 0 Å². The summed E-state index contributed by atoms with van der Waals surface area (Å²) < 4.78 is 0. The Hall–Kier alpha value is -11.8. The molecule has 17 rings (SSSR count). The fourth-order valence-electron chi connectivity index (χ4n) is 16.8. The summed E-state index contributed by atoms with van der Waals surface area (Å²) >= 11 is 0. The normalized spacial score (nSPS) is 17.0. The van der Waals surface area contributed by atoms with Gasteiger partial charge in [0.25, 0.3) is 0 Å². The van der Waals surface area contributed by atoms with Gasteiger partial charge < -0.3 is 49.0 Å². The van der Waals surface area contributed by atoms with Crippen LogP contribution in [0.1, 0.15) is 118 Å². The minimum Gasteiger partial charge on any atom is -0.353 e. The lowest BCUT2D eigenvalue weighted by atomic mass is 10.0. The molecule has 0 saturated carbocycles. The van der Waals surface area contributed by atoms with Crippen LogP contribution in [0.15, 0.2) is 249 Å². The van der Waals surface area contributed by atoms with Crippen molar-refractivity contribution < 1.29 is 0 Å². The number of rotatable bonds is 8. The summed E-state index contributed by atoms with van der Waals surface area (Å²) in [5.41, 5.74) is 37.6. The van der Waals surface area contributed by atoms with Crippen molar-refractivity contribution in [1.82, 2.24) is 9.97 Å². The molecule has 0 fully saturated rings. The van der Waals surface area contributed by atoms with E-state index in [9.17, 15) is 0 Å². The molecule has 10 aromatic carbocycles. The quantitative estimate of drug-likeness (QED) is 0.146. The molecule has 0 bridgehead atoms. The lowest BCUT2D eigenvalue weighted by Gasteiger charge is -2.32. The largest absolute Gasteiger partial charge is 0.353 e. The Morgan fingerprint density at radius 2 is 0.514 bits per heavy atom. The molecule has 0 N–H and O–H groups in total. The Kier molecular flexibility index (Phi) is 22.6. The van der Waals surface area contributed by atoms with Crippen molar-refractivity contribution in [1.29, 1.82) is 0 Å². The third kappa shape index (κ3) is 15.1. The maximum atomic E-state index is 4.70. The molecule has 0 radical (unpaired) electrons. The molecule has 12 aromatic rings. The van der Waals surface area contributed by atoms with Gasteiger partial charge in [0.05, 0.1) is 34.1 Å². The summed E-state index contributed by atoms with van der Waals surface area (Å²) in [6.45, 7) is 44.1. The third-order valence-electron chi connectivity index (χ3n) is 23.5. The van der Waals surface area contributed by atoms with E-state index >= 15 is 0 Å². The monoisotopic (exact) mass is 1470 g/mol. The Bertz CT molecular complexity index is 5090. The van der Waals surface area contributed by atoms with Gasteiger partial charge in [0, 0.05) is 84.4 Å². The van der Waals surface area contributed by atoms with E-state index < -0.39 is 0 Å². The van der Waals surface area contributed by atoms with E-state index in [1.807, 2.05) is 24.5 Å². The van der Waals surface area contributed by atoms with Gasteiger partial charge in [-0.1, -0.05) is 109 Å². The maximum Gasteiger partial charge on any atom is 0.158 e. The molecule has 12 nitrogen and oxygen atoms in total. The molecule has 568 valence electrons. The minimum atomic E-state index is 0.159. The number of pyridine rings is 2. The summed E-state index contributed by atoms with van der Waals surface area (Å²) in [4.78, 5) is 32.9. The molecular weight excluding hydrogens is 1360 g/mol. The smallest absolute Gasteiger partial charge is 0.158 e. The highest BCUT2D eigenvalue weighted by molar-refractivity contribution is 5.91. The molecule has 5 atom stereocenters. The zero-order chi connectivity index (χ0) is 79.0. The Labute approximate surface area is 662 Å². The molecule has 5 aliphatic heterocycles. The summed E-state index contributed by atoms with van der Waals surface area (Å²) in [5, 5.41) is 0. The fourth-order valence-corrected chi connectivity index (χ4v) is 16.8. The van der Waals surface area contributed by atoms with Crippen molar-refractivity contribution in [2.24, 2.45) is 0 Å². The molecule has 0 aliphatic carbocycles. The van der Waals surface area contributed by atoms with E-state index in [2.05, 4.69) is 431 Å². The number of aromatic nitrogens is 2. The molecule has 12 heteroatoms. The fraction of sp³-hybridized carbons (Fsp3) is 0.273. The van der Waals surface area contributed by atoms with Gasteiger partial charge in [0.1, 0.15) is 30.8 Å². The van der Waals surface area contributed by atoms with Crippen LogP contribution < -0.4 is 49.0 Å². The van der Waals surface area contributed by atoms with E-state index in [4.69, 9.17) is 4.98 Å². The van der Waals surface area contributed by atoms with Crippen LogP contribution in [0, 0.1) is 104 Å². The molecular formula is C99H112N12. The van der Waals surface area contributed by atoms with E-state index in [0.717, 1.165) is 17.3 Å². The molecule has 0 saturated heterocycles. The molecule has 0 amide bonds. The van der Waals surface area contributed by atoms with Crippen LogP contribution in [0.3, 0.4) is 0 Å². The van der Waals surface area contributed by atoms with Crippen molar-refractivity contribution >= 4 is 91.3 Å². The van der Waals surface area contributed by atoms with Crippen LogP contribution in [-0.2, 0) is 0 Å².